The number of ether oxygens (including phenoxy) is 1. The lowest BCUT2D eigenvalue weighted by molar-refractivity contribution is 0.231. The van der Waals surface area contributed by atoms with Gasteiger partial charge in [-0.3, -0.25) is 9.54 Å². The fourth-order valence-electron chi connectivity index (χ4n) is 2.17. The number of hydrogen-bond donors (Lipinski definition) is 3. The van der Waals surface area contributed by atoms with Crippen molar-refractivity contribution in [3.05, 3.63) is 45.0 Å². The van der Waals surface area contributed by atoms with Gasteiger partial charge in [-0.2, -0.15) is 13.4 Å². The number of halogens is 1. The van der Waals surface area contributed by atoms with Crippen LogP contribution in [0.15, 0.2) is 27.8 Å². The molecule has 1 aromatic carbocycles. The van der Waals surface area contributed by atoms with Crippen molar-refractivity contribution >= 4 is 21.8 Å². The maximum atomic E-state index is 14.0. The third kappa shape index (κ3) is 6.18. The fraction of sp³-hybridized carbons (Fsp3) is 0.400. The Morgan fingerprint density at radius 2 is 2.07 bits per heavy atom. The summed E-state index contributed by atoms with van der Waals surface area (Å²) in [7, 11) is -4.19. The van der Waals surface area contributed by atoms with Crippen molar-refractivity contribution in [3.63, 3.8) is 0 Å². The number of H-pyrrole nitrogens is 1. The van der Waals surface area contributed by atoms with Crippen molar-refractivity contribution in [1.82, 2.24) is 14.5 Å². The summed E-state index contributed by atoms with van der Waals surface area (Å²) in [5.41, 5.74) is -1.51. The van der Waals surface area contributed by atoms with E-state index in [0.29, 0.717) is 4.57 Å². The Morgan fingerprint density at radius 1 is 1.37 bits per heavy atom. The zero-order valence-corrected chi connectivity index (χ0v) is 15.4. The molecule has 3 N–H and O–H groups in total. The number of rotatable bonds is 8. The van der Waals surface area contributed by atoms with Crippen LogP contribution in [-0.2, 0) is 16.7 Å². The summed E-state index contributed by atoms with van der Waals surface area (Å²) in [6, 6.07) is 4.00. The topological polar surface area (TPSA) is 143 Å². The Balaban J connectivity index is 2.15. The van der Waals surface area contributed by atoms with Gasteiger partial charge in [-0.15, -0.1) is 0 Å². The fourth-order valence-corrected chi connectivity index (χ4v) is 2.66. The molecule has 27 heavy (non-hydrogen) atoms. The van der Waals surface area contributed by atoms with Gasteiger partial charge in [0.1, 0.15) is 0 Å². The molecule has 1 heterocycles. The van der Waals surface area contributed by atoms with Crippen LogP contribution in [0.5, 0.6) is 5.75 Å². The summed E-state index contributed by atoms with van der Waals surface area (Å²) in [5, 5.41) is 2.60. The molecule has 0 spiro atoms. The largest absolute Gasteiger partial charge is 0.488 e. The highest BCUT2D eigenvalue weighted by atomic mass is 32.2. The van der Waals surface area contributed by atoms with Gasteiger partial charge in [0.05, 0.1) is 11.9 Å². The first-order chi connectivity index (χ1) is 12.5. The third-order valence-electron chi connectivity index (χ3n) is 3.25. The third-order valence-corrected chi connectivity index (χ3v) is 4.05. The van der Waals surface area contributed by atoms with Gasteiger partial charge in [-0.05, 0) is 32.4 Å². The second-order valence-corrected chi connectivity index (χ2v) is 7.47. The highest BCUT2D eigenvalue weighted by Crippen LogP contribution is 2.23. The van der Waals surface area contributed by atoms with Crippen molar-refractivity contribution < 1.29 is 22.1 Å². The first kappa shape index (κ1) is 20.6. The normalized spacial score (nSPS) is 11.6. The summed E-state index contributed by atoms with van der Waals surface area (Å²) in [6.45, 7) is 3.27. The monoisotopic (exact) mass is 402 g/mol. The van der Waals surface area contributed by atoms with Crippen molar-refractivity contribution in [2.24, 2.45) is 0 Å². The van der Waals surface area contributed by atoms with Gasteiger partial charge in [0.25, 0.3) is 10.1 Å². The minimum absolute atomic E-state index is 0.0613. The average Bonchev–Trinajstić information content (AvgIpc) is 2.51. The molecule has 0 atom stereocenters. The standard InChI is InChI=1S/C15H19FN4O6S/c1-9(2)26-12-5-4-10(8-11(12)16)17-13-18-14(21)20(15(22)19-13)6-3-7-27(23,24)25/h4-5,8-9H,3,6-7H2,1-2H3,(H,23,24,25)(H2,17,18,19,21,22). The van der Waals surface area contributed by atoms with Crippen molar-refractivity contribution in [2.45, 2.75) is 32.9 Å². The second kappa shape index (κ2) is 8.31. The highest BCUT2D eigenvalue weighted by Gasteiger charge is 2.11. The van der Waals surface area contributed by atoms with Crippen LogP contribution in [0.2, 0.25) is 0 Å². The summed E-state index contributed by atoms with van der Waals surface area (Å²) < 4.78 is 50.0. The summed E-state index contributed by atoms with van der Waals surface area (Å²) >= 11 is 0. The van der Waals surface area contributed by atoms with Gasteiger partial charge in [0.15, 0.2) is 11.6 Å². The van der Waals surface area contributed by atoms with Crippen molar-refractivity contribution in [1.29, 1.82) is 0 Å². The smallest absolute Gasteiger partial charge is 0.354 e. The maximum Gasteiger partial charge on any atom is 0.354 e. The Hall–Kier alpha value is -2.73. The van der Waals surface area contributed by atoms with E-state index in [1.54, 1.807) is 13.8 Å². The molecule has 148 valence electrons. The van der Waals surface area contributed by atoms with Crippen LogP contribution in [0, 0.1) is 5.82 Å². The zero-order valence-electron chi connectivity index (χ0n) is 14.6. The molecule has 2 rings (SSSR count). The van der Waals surface area contributed by atoms with Crippen LogP contribution in [0.25, 0.3) is 0 Å². The lowest BCUT2D eigenvalue weighted by Crippen LogP contribution is -2.38. The van der Waals surface area contributed by atoms with Crippen LogP contribution in [0.1, 0.15) is 20.3 Å². The van der Waals surface area contributed by atoms with Gasteiger partial charge in [-0.25, -0.2) is 18.5 Å². The molecule has 0 saturated heterocycles. The second-order valence-electron chi connectivity index (χ2n) is 5.90. The lowest BCUT2D eigenvalue weighted by atomic mass is 10.3. The van der Waals surface area contributed by atoms with E-state index >= 15 is 0 Å². The molecule has 2 aromatic rings. The lowest BCUT2D eigenvalue weighted by Gasteiger charge is -2.12. The van der Waals surface area contributed by atoms with Crippen LogP contribution in [0.4, 0.5) is 16.0 Å². The summed E-state index contributed by atoms with van der Waals surface area (Å²) in [5.74, 6) is -1.36. The number of aromatic nitrogens is 3. The average molecular weight is 402 g/mol. The number of benzene rings is 1. The van der Waals surface area contributed by atoms with E-state index in [-0.39, 0.29) is 36.5 Å². The van der Waals surface area contributed by atoms with E-state index < -0.39 is 33.1 Å². The molecule has 1 aromatic heterocycles. The predicted octanol–water partition coefficient (Wildman–Crippen LogP) is 0.879. The number of aromatic amines is 1. The minimum Gasteiger partial charge on any atom is -0.488 e. The molecule has 0 aliphatic heterocycles. The molecule has 12 heteroatoms. The molecular formula is C15H19FN4O6S. The number of nitrogens with zero attached hydrogens (tertiary/aromatic N) is 2. The molecule has 0 unspecified atom stereocenters. The minimum atomic E-state index is -4.19. The van der Waals surface area contributed by atoms with Gasteiger partial charge in [-0.1, -0.05) is 0 Å². The number of anilines is 2. The molecular weight excluding hydrogens is 383 g/mol. The molecule has 0 fully saturated rings. The van der Waals surface area contributed by atoms with Gasteiger partial charge in [0.2, 0.25) is 5.95 Å². The quantitative estimate of drug-likeness (QED) is 0.552. The number of nitrogens with one attached hydrogen (secondary N) is 2. The van der Waals surface area contributed by atoms with Crippen molar-refractivity contribution in [2.75, 3.05) is 11.1 Å². The Bertz CT molecular complexity index is 1000. The Labute approximate surface area is 153 Å². The first-order valence-corrected chi connectivity index (χ1v) is 9.55. The van der Waals surface area contributed by atoms with E-state index in [1.807, 2.05) is 0 Å². The molecule has 0 aliphatic carbocycles. The number of hydrogen-bond acceptors (Lipinski definition) is 7. The van der Waals surface area contributed by atoms with Gasteiger partial charge < -0.3 is 10.1 Å². The van der Waals surface area contributed by atoms with E-state index in [2.05, 4.69) is 15.3 Å². The Kier molecular flexibility index (Phi) is 6.33. The van der Waals surface area contributed by atoms with E-state index in [9.17, 15) is 22.4 Å². The molecule has 0 amide bonds. The van der Waals surface area contributed by atoms with Gasteiger partial charge in [0, 0.05) is 18.3 Å². The van der Waals surface area contributed by atoms with Crippen LogP contribution >= 0.6 is 0 Å². The predicted molar refractivity (Wildman–Crippen MR) is 95.6 cm³/mol. The van der Waals surface area contributed by atoms with E-state index in [0.717, 1.165) is 6.07 Å². The van der Waals surface area contributed by atoms with Crippen LogP contribution < -0.4 is 21.4 Å². The van der Waals surface area contributed by atoms with E-state index in [4.69, 9.17) is 9.29 Å². The zero-order chi connectivity index (χ0) is 20.2. The Morgan fingerprint density at radius 3 is 2.63 bits per heavy atom. The van der Waals surface area contributed by atoms with Crippen LogP contribution in [-0.4, -0.2) is 39.4 Å². The highest BCUT2D eigenvalue weighted by molar-refractivity contribution is 7.85. The first-order valence-electron chi connectivity index (χ1n) is 7.95. The molecule has 10 nitrogen and oxygen atoms in total. The van der Waals surface area contributed by atoms with Crippen LogP contribution in [0.3, 0.4) is 0 Å². The van der Waals surface area contributed by atoms with Gasteiger partial charge >= 0.3 is 11.4 Å². The summed E-state index contributed by atoms with van der Waals surface area (Å²) in [6.07, 6.45) is -0.344. The molecule has 0 bridgehead atoms. The SMILES string of the molecule is CC(C)Oc1ccc(Nc2nc(=O)n(CCCS(=O)(=O)O)c(=O)[nH]2)cc1F. The maximum absolute atomic E-state index is 14.0. The summed E-state index contributed by atoms with van der Waals surface area (Å²) in [4.78, 5) is 29.8. The molecule has 0 radical (unpaired) electrons. The molecule has 0 aliphatic rings. The molecule has 0 saturated carbocycles. The van der Waals surface area contributed by atoms with E-state index in [1.165, 1.54) is 12.1 Å². The van der Waals surface area contributed by atoms with Crippen molar-refractivity contribution in [3.8, 4) is 5.75 Å².